The Kier molecular flexibility index (Phi) is 5.02. The Morgan fingerprint density at radius 2 is 1.93 bits per heavy atom. The van der Waals surface area contributed by atoms with Crippen LogP contribution in [0, 0.1) is 27.4 Å². The van der Waals surface area contributed by atoms with E-state index in [1.54, 1.807) is 0 Å². The van der Waals surface area contributed by atoms with Crippen molar-refractivity contribution in [3.05, 3.63) is 33.3 Å². The lowest BCUT2D eigenvalue weighted by molar-refractivity contribution is -0.384. The molecule has 1 N–H and O–H groups in total. The molecule has 0 heterocycles. The molecule has 4 fully saturated rings. The van der Waals surface area contributed by atoms with Gasteiger partial charge in [0.15, 0.2) is 6.10 Å². The highest BCUT2D eigenvalue weighted by atomic mass is 35.5. The fraction of sp³-hybridized carbons (Fsp3) is 0.600. The molecule has 3 unspecified atom stereocenters. The number of carbonyl (C=O) groups is 2. The number of nitrogens with zero attached hydrogens (tertiary/aromatic N) is 1. The molecule has 4 aliphatic rings. The lowest BCUT2D eigenvalue weighted by atomic mass is 9.49. The first kappa shape index (κ1) is 20.4. The monoisotopic (exact) mass is 440 g/mol. The van der Waals surface area contributed by atoms with E-state index in [0.29, 0.717) is 18.3 Å². The molecule has 156 valence electrons. The largest absolute Gasteiger partial charge is 0.452 e. The lowest BCUT2D eigenvalue weighted by Crippen LogP contribution is -2.57. The summed E-state index contributed by atoms with van der Waals surface area (Å²) in [5, 5.41) is 13.4. The van der Waals surface area contributed by atoms with Crippen LogP contribution >= 0.6 is 23.2 Å². The van der Waals surface area contributed by atoms with Crippen LogP contribution < -0.4 is 5.32 Å². The summed E-state index contributed by atoms with van der Waals surface area (Å²) in [6, 6.07) is 3.75. The summed E-state index contributed by atoms with van der Waals surface area (Å²) >= 11 is 12.8. The first-order valence-corrected chi connectivity index (χ1v) is 10.5. The zero-order chi connectivity index (χ0) is 21.0. The van der Waals surface area contributed by atoms with Crippen molar-refractivity contribution >= 4 is 46.5 Å². The van der Waals surface area contributed by atoms with Gasteiger partial charge in [0.05, 0.1) is 21.0 Å². The van der Waals surface area contributed by atoms with E-state index < -0.39 is 22.3 Å². The van der Waals surface area contributed by atoms with Crippen molar-refractivity contribution in [2.75, 3.05) is 5.32 Å². The van der Waals surface area contributed by atoms with Gasteiger partial charge < -0.3 is 10.1 Å². The number of benzene rings is 1. The molecule has 0 aliphatic heterocycles. The number of anilines is 1. The summed E-state index contributed by atoms with van der Waals surface area (Å²) in [5.74, 6) is 0.00202. The number of hydrogen-bond donors (Lipinski definition) is 1. The summed E-state index contributed by atoms with van der Waals surface area (Å²) in [7, 11) is 0. The molecular formula is C20H22Cl2N2O5. The van der Waals surface area contributed by atoms with Crippen LogP contribution in [0.1, 0.15) is 45.4 Å². The van der Waals surface area contributed by atoms with E-state index in [9.17, 15) is 19.7 Å². The topological polar surface area (TPSA) is 98.5 Å². The molecule has 4 aliphatic carbocycles. The normalized spacial score (nSPS) is 33.2. The Bertz CT molecular complexity index is 876. The summed E-state index contributed by atoms with van der Waals surface area (Å²) in [6.45, 7) is 1.50. The first-order chi connectivity index (χ1) is 13.6. The lowest BCUT2D eigenvalue weighted by Gasteiger charge is -2.58. The second-order valence-corrected chi connectivity index (χ2v) is 10.1. The summed E-state index contributed by atoms with van der Waals surface area (Å²) in [5.41, 5.74) is -0.547. The second-order valence-electron chi connectivity index (χ2n) is 8.85. The molecule has 0 aromatic heterocycles. The average molecular weight is 441 g/mol. The first-order valence-electron chi connectivity index (χ1n) is 9.74. The smallest absolute Gasteiger partial charge is 0.312 e. The number of carbonyl (C=O) groups excluding carboxylic acids is 2. The fourth-order valence-electron chi connectivity index (χ4n) is 5.68. The van der Waals surface area contributed by atoms with Crippen molar-refractivity contribution in [1.29, 1.82) is 0 Å². The number of ether oxygens (including phenoxy) is 1. The van der Waals surface area contributed by atoms with Gasteiger partial charge in [-0.3, -0.25) is 19.7 Å². The van der Waals surface area contributed by atoms with Crippen LogP contribution in [-0.4, -0.2) is 27.8 Å². The third-order valence-electron chi connectivity index (χ3n) is 6.50. The van der Waals surface area contributed by atoms with E-state index in [1.807, 2.05) is 0 Å². The van der Waals surface area contributed by atoms with Crippen LogP contribution in [-0.2, 0) is 14.3 Å². The highest BCUT2D eigenvalue weighted by Gasteiger charge is 2.61. The molecule has 0 saturated heterocycles. The number of amides is 1. The van der Waals surface area contributed by atoms with Gasteiger partial charge in [0.1, 0.15) is 0 Å². The predicted molar refractivity (Wildman–Crippen MR) is 108 cm³/mol. The van der Waals surface area contributed by atoms with E-state index in [-0.39, 0.29) is 27.2 Å². The van der Waals surface area contributed by atoms with E-state index in [4.69, 9.17) is 27.9 Å². The van der Waals surface area contributed by atoms with Crippen LogP contribution in [0.5, 0.6) is 0 Å². The molecule has 0 spiro atoms. The molecule has 0 radical (unpaired) electrons. The van der Waals surface area contributed by atoms with E-state index in [2.05, 4.69) is 5.32 Å². The Morgan fingerprint density at radius 3 is 2.48 bits per heavy atom. The Hall–Kier alpha value is -1.86. The summed E-state index contributed by atoms with van der Waals surface area (Å²) in [4.78, 5) is 35.4. The van der Waals surface area contributed by atoms with Gasteiger partial charge in [0, 0.05) is 17.0 Å². The second kappa shape index (κ2) is 7.13. The maximum absolute atomic E-state index is 13.0. The minimum Gasteiger partial charge on any atom is -0.452 e. The third kappa shape index (κ3) is 3.82. The van der Waals surface area contributed by atoms with Crippen molar-refractivity contribution in [3.8, 4) is 0 Å². The zero-order valence-corrected chi connectivity index (χ0v) is 17.5. The Morgan fingerprint density at radius 1 is 1.28 bits per heavy atom. The predicted octanol–water partition coefficient (Wildman–Crippen LogP) is 4.70. The number of halogens is 2. The number of non-ortho nitro benzene ring substituents is 1. The number of rotatable bonds is 5. The minimum absolute atomic E-state index is 0.0382. The highest BCUT2D eigenvalue weighted by Crippen LogP contribution is 2.64. The number of nitro groups is 1. The van der Waals surface area contributed by atoms with Crippen LogP contribution in [0.4, 0.5) is 11.4 Å². The van der Waals surface area contributed by atoms with Gasteiger partial charge in [-0.2, -0.15) is 0 Å². The molecule has 29 heavy (non-hydrogen) atoms. The van der Waals surface area contributed by atoms with Gasteiger partial charge in [-0.25, -0.2) is 0 Å². The van der Waals surface area contributed by atoms with Crippen molar-refractivity contribution < 1.29 is 19.2 Å². The number of esters is 1. The van der Waals surface area contributed by atoms with E-state index in [1.165, 1.54) is 19.1 Å². The molecule has 1 aromatic rings. The molecule has 5 rings (SSSR count). The Labute approximate surface area is 178 Å². The maximum Gasteiger partial charge on any atom is 0.312 e. The quantitative estimate of drug-likeness (QED) is 0.309. The average Bonchev–Trinajstić information content (AvgIpc) is 2.60. The van der Waals surface area contributed by atoms with Gasteiger partial charge in [-0.05, 0) is 63.4 Å². The minimum atomic E-state index is -1.02. The number of hydrogen-bond acceptors (Lipinski definition) is 5. The van der Waals surface area contributed by atoms with Crippen molar-refractivity contribution in [3.63, 3.8) is 0 Å². The molecule has 1 aromatic carbocycles. The van der Waals surface area contributed by atoms with E-state index >= 15 is 0 Å². The molecule has 3 atom stereocenters. The maximum atomic E-state index is 13.0. The fourth-order valence-corrected chi connectivity index (χ4v) is 6.60. The van der Waals surface area contributed by atoms with Crippen LogP contribution in [0.15, 0.2) is 18.2 Å². The van der Waals surface area contributed by atoms with E-state index in [0.717, 1.165) is 38.2 Å². The highest BCUT2D eigenvalue weighted by molar-refractivity contribution is 6.34. The van der Waals surface area contributed by atoms with Crippen molar-refractivity contribution in [2.24, 2.45) is 17.3 Å². The third-order valence-corrected chi connectivity index (χ3v) is 7.25. The number of nitrogens with one attached hydrogen (secondary N) is 1. The van der Waals surface area contributed by atoms with Crippen LogP contribution in [0.25, 0.3) is 0 Å². The molecule has 7 nitrogen and oxygen atoms in total. The van der Waals surface area contributed by atoms with Gasteiger partial charge in [-0.15, -0.1) is 11.6 Å². The summed E-state index contributed by atoms with van der Waals surface area (Å²) in [6.07, 6.45) is 4.17. The van der Waals surface area contributed by atoms with Crippen LogP contribution in [0.3, 0.4) is 0 Å². The Balaban J connectivity index is 1.41. The number of nitro benzene ring substituents is 1. The van der Waals surface area contributed by atoms with Gasteiger partial charge >= 0.3 is 5.97 Å². The van der Waals surface area contributed by atoms with Gasteiger partial charge in [0.25, 0.3) is 11.6 Å². The SMILES string of the molecule is CC(OC(=O)C12CC3CC(CC(Cl)(C3)C1)C2)C(=O)Nc1ccc([N+](=O)[O-])cc1Cl. The molecule has 4 bridgehead atoms. The zero-order valence-electron chi connectivity index (χ0n) is 16.0. The van der Waals surface area contributed by atoms with Gasteiger partial charge in [0.2, 0.25) is 0 Å². The molecule has 4 saturated carbocycles. The van der Waals surface area contributed by atoms with Gasteiger partial charge in [-0.1, -0.05) is 11.6 Å². The molecule has 1 amide bonds. The van der Waals surface area contributed by atoms with Crippen molar-refractivity contribution in [2.45, 2.75) is 56.4 Å². The van der Waals surface area contributed by atoms with Crippen LogP contribution in [0.2, 0.25) is 5.02 Å². The number of alkyl halides is 1. The summed E-state index contributed by atoms with van der Waals surface area (Å²) < 4.78 is 5.56. The standard InChI is InChI=1S/C20H22Cl2N2O5/c1-11(17(25)23-16-3-2-14(24(27)28)5-15(16)21)29-18(26)19-6-12-4-13(7-19)9-20(22,8-12)10-19/h2-3,5,11-13H,4,6-10H2,1H3,(H,23,25). The van der Waals surface area contributed by atoms with Crippen molar-refractivity contribution in [1.82, 2.24) is 0 Å². The molecule has 9 heteroatoms. The molecular weight excluding hydrogens is 419 g/mol.